The fourth-order valence-corrected chi connectivity index (χ4v) is 3.57. The van der Waals surface area contributed by atoms with E-state index < -0.39 is 0 Å². The maximum Gasteiger partial charge on any atom is 0.324 e. The number of urea groups is 1. The lowest BCUT2D eigenvalue weighted by Gasteiger charge is -2.35. The van der Waals surface area contributed by atoms with E-state index >= 15 is 0 Å². The molecule has 1 aliphatic rings. The molecule has 1 fully saturated rings. The van der Waals surface area contributed by atoms with E-state index in [-0.39, 0.29) is 11.9 Å². The number of aromatic nitrogens is 1. The van der Waals surface area contributed by atoms with Gasteiger partial charge in [0.1, 0.15) is 0 Å². The van der Waals surface area contributed by atoms with Crippen molar-refractivity contribution < 1.29 is 9.59 Å². The molecule has 4 rings (SSSR count). The number of anilines is 1. The molecule has 152 valence electrons. The molecule has 30 heavy (non-hydrogen) atoms. The minimum absolute atomic E-state index is 0.0296. The van der Waals surface area contributed by atoms with E-state index in [0.29, 0.717) is 25.2 Å². The first kappa shape index (κ1) is 19.6. The summed E-state index contributed by atoms with van der Waals surface area (Å²) in [4.78, 5) is 33.3. The van der Waals surface area contributed by atoms with Crippen LogP contribution in [0.2, 0.25) is 0 Å². The summed E-state index contributed by atoms with van der Waals surface area (Å²) < 4.78 is 0. The maximum atomic E-state index is 13.1. The Kier molecular flexibility index (Phi) is 6.03. The van der Waals surface area contributed by atoms with E-state index in [0.717, 1.165) is 29.8 Å². The Morgan fingerprint density at radius 2 is 1.80 bits per heavy atom. The second-order valence-electron chi connectivity index (χ2n) is 7.29. The van der Waals surface area contributed by atoms with E-state index in [1.165, 1.54) is 0 Å². The fraction of sp³-hybridized carbons (Fsp3) is 0.208. The highest BCUT2D eigenvalue weighted by molar-refractivity contribution is 5.98. The van der Waals surface area contributed by atoms with Gasteiger partial charge in [0, 0.05) is 49.8 Å². The number of amides is 3. The lowest BCUT2D eigenvalue weighted by Crippen LogP contribution is -2.49. The highest BCUT2D eigenvalue weighted by Gasteiger charge is 2.27. The van der Waals surface area contributed by atoms with Crippen molar-refractivity contribution in [3.05, 3.63) is 95.8 Å². The molecule has 2 heterocycles. The van der Waals surface area contributed by atoms with Crippen LogP contribution in [0.3, 0.4) is 0 Å². The molecule has 0 unspecified atom stereocenters. The van der Waals surface area contributed by atoms with E-state index in [9.17, 15) is 9.59 Å². The molecule has 0 aliphatic carbocycles. The molecule has 0 spiro atoms. The number of hydrogen-bond donors (Lipinski definition) is 1. The average molecular weight is 400 g/mol. The summed E-state index contributed by atoms with van der Waals surface area (Å²) in [6.07, 6.45) is 4.31. The molecule has 1 N–H and O–H groups in total. The molecule has 0 atom stereocenters. The smallest absolute Gasteiger partial charge is 0.324 e. The summed E-state index contributed by atoms with van der Waals surface area (Å²) in [5.74, 6) is -0.175. The van der Waals surface area contributed by atoms with Gasteiger partial charge >= 0.3 is 6.03 Å². The van der Waals surface area contributed by atoms with Gasteiger partial charge in [-0.15, -0.1) is 0 Å². The standard InChI is InChI=1S/C24H24N4O2/c29-23(26-17-20-9-5-12-25-16-20)21-10-4-11-22(15-21)28-14-6-13-27(24(28)30)18-19-7-2-1-3-8-19/h1-5,7-12,15-16H,6,13-14,17-18H2,(H,26,29). The number of hydrogen-bond acceptors (Lipinski definition) is 3. The van der Waals surface area contributed by atoms with E-state index in [1.54, 1.807) is 29.4 Å². The predicted octanol–water partition coefficient (Wildman–Crippen LogP) is 3.84. The lowest BCUT2D eigenvalue weighted by molar-refractivity contribution is 0.0951. The zero-order valence-electron chi connectivity index (χ0n) is 16.7. The Bertz CT molecular complexity index is 1010. The van der Waals surface area contributed by atoms with E-state index in [1.807, 2.05) is 59.5 Å². The molecule has 1 aromatic heterocycles. The van der Waals surface area contributed by atoms with Gasteiger partial charge in [-0.1, -0.05) is 42.5 Å². The topological polar surface area (TPSA) is 65.5 Å². The SMILES string of the molecule is O=C(NCc1cccnc1)c1cccc(N2CCCN(Cc3ccccc3)C2=O)c1. The number of carbonyl (C=O) groups excluding carboxylic acids is 2. The van der Waals surface area contributed by atoms with Gasteiger partial charge in [0.25, 0.3) is 5.91 Å². The molecule has 0 radical (unpaired) electrons. The summed E-state index contributed by atoms with van der Waals surface area (Å²) in [6.45, 7) is 2.37. The van der Waals surface area contributed by atoms with Crippen molar-refractivity contribution in [2.24, 2.45) is 0 Å². The summed E-state index contributed by atoms with van der Waals surface area (Å²) >= 11 is 0. The van der Waals surface area contributed by atoms with Crippen LogP contribution in [0.5, 0.6) is 0 Å². The van der Waals surface area contributed by atoms with Gasteiger partial charge in [-0.05, 0) is 41.8 Å². The van der Waals surface area contributed by atoms with Crippen molar-refractivity contribution in [2.75, 3.05) is 18.0 Å². The number of rotatable bonds is 6. The first-order valence-electron chi connectivity index (χ1n) is 10.1. The van der Waals surface area contributed by atoms with Gasteiger partial charge in [0.05, 0.1) is 0 Å². The summed E-state index contributed by atoms with van der Waals surface area (Å²) in [6, 6.07) is 20.9. The van der Waals surface area contributed by atoms with Gasteiger partial charge in [0.15, 0.2) is 0 Å². The highest BCUT2D eigenvalue weighted by atomic mass is 16.2. The maximum absolute atomic E-state index is 13.1. The molecule has 6 nitrogen and oxygen atoms in total. The molecule has 1 aliphatic heterocycles. The van der Waals surface area contributed by atoms with Crippen molar-refractivity contribution in [3.63, 3.8) is 0 Å². The number of pyridine rings is 1. The third kappa shape index (κ3) is 4.66. The van der Waals surface area contributed by atoms with Crippen LogP contribution >= 0.6 is 0 Å². The quantitative estimate of drug-likeness (QED) is 0.684. The van der Waals surface area contributed by atoms with Crippen LogP contribution in [0.1, 0.15) is 27.9 Å². The Balaban J connectivity index is 1.44. The van der Waals surface area contributed by atoms with Crippen LogP contribution in [-0.4, -0.2) is 34.9 Å². The lowest BCUT2D eigenvalue weighted by atomic mass is 10.1. The number of carbonyl (C=O) groups is 2. The summed E-state index contributed by atoms with van der Waals surface area (Å²) in [5.41, 5.74) is 3.32. The monoisotopic (exact) mass is 400 g/mol. The minimum Gasteiger partial charge on any atom is -0.348 e. The van der Waals surface area contributed by atoms with Gasteiger partial charge < -0.3 is 10.2 Å². The van der Waals surface area contributed by atoms with Crippen LogP contribution in [0.25, 0.3) is 0 Å². The number of nitrogens with zero attached hydrogens (tertiary/aromatic N) is 3. The molecule has 6 heteroatoms. The molecular weight excluding hydrogens is 376 g/mol. The number of nitrogens with one attached hydrogen (secondary N) is 1. The molecule has 3 aromatic rings. The number of benzene rings is 2. The minimum atomic E-state index is -0.175. The largest absolute Gasteiger partial charge is 0.348 e. The third-order valence-electron chi connectivity index (χ3n) is 5.12. The first-order valence-corrected chi connectivity index (χ1v) is 10.1. The van der Waals surface area contributed by atoms with Gasteiger partial charge in [-0.25, -0.2) is 4.79 Å². The molecule has 3 amide bonds. The second kappa shape index (κ2) is 9.22. The molecule has 1 saturated heterocycles. The van der Waals surface area contributed by atoms with Crippen LogP contribution in [-0.2, 0) is 13.1 Å². The Labute approximate surface area is 176 Å². The van der Waals surface area contributed by atoms with Crippen LogP contribution in [0.15, 0.2) is 79.1 Å². The Morgan fingerprint density at radius 3 is 2.60 bits per heavy atom. The zero-order chi connectivity index (χ0) is 20.8. The van der Waals surface area contributed by atoms with Crippen LogP contribution in [0, 0.1) is 0 Å². The van der Waals surface area contributed by atoms with Crippen molar-refractivity contribution >= 4 is 17.6 Å². The van der Waals surface area contributed by atoms with Crippen LogP contribution in [0.4, 0.5) is 10.5 Å². The highest BCUT2D eigenvalue weighted by Crippen LogP contribution is 2.22. The Hall–Kier alpha value is -3.67. The third-order valence-corrected chi connectivity index (χ3v) is 5.12. The van der Waals surface area contributed by atoms with Crippen molar-refractivity contribution in [1.29, 1.82) is 0 Å². The molecular formula is C24H24N4O2. The molecule has 0 saturated carbocycles. The van der Waals surface area contributed by atoms with Gasteiger partial charge in [-0.2, -0.15) is 0 Å². The fourth-order valence-electron chi connectivity index (χ4n) is 3.57. The van der Waals surface area contributed by atoms with Gasteiger partial charge in [-0.3, -0.25) is 14.7 Å². The van der Waals surface area contributed by atoms with Crippen molar-refractivity contribution in [3.8, 4) is 0 Å². The van der Waals surface area contributed by atoms with E-state index in [4.69, 9.17) is 0 Å². The molecule has 0 bridgehead atoms. The van der Waals surface area contributed by atoms with Crippen molar-refractivity contribution in [1.82, 2.24) is 15.2 Å². The summed E-state index contributed by atoms with van der Waals surface area (Å²) in [7, 11) is 0. The molecule has 2 aromatic carbocycles. The van der Waals surface area contributed by atoms with Gasteiger partial charge in [0.2, 0.25) is 0 Å². The van der Waals surface area contributed by atoms with Crippen molar-refractivity contribution in [2.45, 2.75) is 19.5 Å². The average Bonchev–Trinajstić information content (AvgIpc) is 2.80. The normalized spacial score (nSPS) is 13.9. The Morgan fingerprint density at radius 1 is 0.967 bits per heavy atom. The summed E-state index contributed by atoms with van der Waals surface area (Å²) in [5, 5.41) is 2.91. The van der Waals surface area contributed by atoms with E-state index in [2.05, 4.69) is 10.3 Å². The second-order valence-corrected chi connectivity index (χ2v) is 7.29. The predicted molar refractivity (Wildman–Crippen MR) is 116 cm³/mol. The zero-order valence-corrected chi connectivity index (χ0v) is 16.7. The first-order chi connectivity index (χ1) is 14.7. The van der Waals surface area contributed by atoms with Crippen LogP contribution < -0.4 is 10.2 Å².